The second-order valence-corrected chi connectivity index (χ2v) is 8.66. The number of aliphatic imine (C=N–C) groups is 2. The van der Waals surface area contributed by atoms with Gasteiger partial charge in [-0.05, 0) is 43.6 Å². The fraction of sp³-hybridized carbons (Fsp3) is 0.280. The van der Waals surface area contributed by atoms with Gasteiger partial charge in [-0.2, -0.15) is 4.37 Å². The summed E-state index contributed by atoms with van der Waals surface area (Å²) < 4.78 is 30.5. The molecule has 0 bridgehead atoms. The van der Waals surface area contributed by atoms with E-state index in [4.69, 9.17) is 9.47 Å². The summed E-state index contributed by atoms with van der Waals surface area (Å²) in [4.78, 5) is 13.3. The Kier molecular flexibility index (Phi) is 8.04. The lowest BCUT2D eigenvalue weighted by Crippen LogP contribution is -2.32. The van der Waals surface area contributed by atoms with E-state index in [0.29, 0.717) is 28.8 Å². The minimum Gasteiger partial charge on any atom is -0.489 e. The normalized spacial score (nSPS) is 18.7. The minimum absolute atomic E-state index is 0.0337. The van der Waals surface area contributed by atoms with E-state index in [1.807, 2.05) is 32.1 Å². The predicted octanol–water partition coefficient (Wildman–Crippen LogP) is 4.51. The number of allylic oxidation sites excluding steroid dienone is 1. The summed E-state index contributed by atoms with van der Waals surface area (Å²) in [6.07, 6.45) is 5.64. The van der Waals surface area contributed by atoms with E-state index >= 15 is 0 Å². The van der Waals surface area contributed by atoms with Gasteiger partial charge in [0.25, 0.3) is 0 Å². The van der Waals surface area contributed by atoms with Crippen LogP contribution in [0, 0.1) is 12.7 Å². The topological polar surface area (TPSA) is 93.0 Å². The first-order valence-corrected chi connectivity index (χ1v) is 11.9. The number of nitrogens with one attached hydrogen (secondary N) is 2. The van der Waals surface area contributed by atoms with E-state index in [-0.39, 0.29) is 31.7 Å². The van der Waals surface area contributed by atoms with Gasteiger partial charge in [0.05, 0.1) is 0 Å². The van der Waals surface area contributed by atoms with Crippen LogP contribution in [0.3, 0.4) is 0 Å². The summed E-state index contributed by atoms with van der Waals surface area (Å²) in [7, 11) is 1.77. The number of benzene rings is 2. The van der Waals surface area contributed by atoms with Crippen LogP contribution in [0.1, 0.15) is 28.6 Å². The monoisotopic (exact) mass is 494 g/mol. The van der Waals surface area contributed by atoms with Crippen LogP contribution in [-0.4, -0.2) is 41.2 Å². The predicted molar refractivity (Wildman–Crippen MR) is 137 cm³/mol. The van der Waals surface area contributed by atoms with Crippen molar-refractivity contribution in [3.63, 3.8) is 0 Å². The highest BCUT2D eigenvalue weighted by molar-refractivity contribution is 7.05. The number of halogens is 1. The Morgan fingerprint density at radius 3 is 2.86 bits per heavy atom. The third-order valence-electron chi connectivity index (χ3n) is 5.25. The molecule has 8 nitrogen and oxygen atoms in total. The summed E-state index contributed by atoms with van der Waals surface area (Å²) in [5.41, 5.74) is 2.17. The first kappa shape index (κ1) is 24.3. The van der Waals surface area contributed by atoms with E-state index in [1.54, 1.807) is 37.5 Å². The van der Waals surface area contributed by atoms with Crippen LogP contribution in [0.15, 0.2) is 58.5 Å². The largest absolute Gasteiger partial charge is 0.489 e. The average molecular weight is 495 g/mol. The number of aromatic nitrogens is 2. The van der Waals surface area contributed by atoms with Crippen LogP contribution < -0.4 is 20.1 Å². The highest BCUT2D eigenvalue weighted by Crippen LogP contribution is 2.30. The van der Waals surface area contributed by atoms with Crippen LogP contribution in [-0.2, 0) is 13.2 Å². The third-order valence-corrected chi connectivity index (χ3v) is 5.93. The SMILES string of the molecule is CNc1nsc(COc2cc(OCc3ccccc3F)cc(/C3=N/C/N=C\C=C/C(C)N3)c2C)n1. The highest BCUT2D eigenvalue weighted by atomic mass is 32.1. The van der Waals surface area contributed by atoms with Gasteiger partial charge in [0.1, 0.15) is 43.0 Å². The Labute approximate surface area is 207 Å². The molecule has 1 aromatic heterocycles. The number of hydrogen-bond donors (Lipinski definition) is 2. The van der Waals surface area contributed by atoms with Crippen molar-refractivity contribution in [1.82, 2.24) is 14.7 Å². The summed E-state index contributed by atoms with van der Waals surface area (Å²) in [5, 5.41) is 7.07. The summed E-state index contributed by atoms with van der Waals surface area (Å²) in [5.74, 6) is 2.07. The lowest BCUT2D eigenvalue weighted by atomic mass is 10.0. The Hall–Kier alpha value is -3.79. The van der Waals surface area contributed by atoms with Crippen molar-refractivity contribution in [3.8, 4) is 11.5 Å². The van der Waals surface area contributed by atoms with Gasteiger partial charge in [-0.25, -0.2) is 14.4 Å². The first-order chi connectivity index (χ1) is 17.0. The second-order valence-electron chi connectivity index (χ2n) is 7.82. The zero-order valence-corrected chi connectivity index (χ0v) is 20.6. The molecule has 3 aromatic rings. The van der Waals surface area contributed by atoms with E-state index in [1.165, 1.54) is 17.6 Å². The zero-order chi connectivity index (χ0) is 24.6. The average Bonchev–Trinajstić information content (AvgIpc) is 3.35. The smallest absolute Gasteiger partial charge is 0.234 e. The van der Waals surface area contributed by atoms with Crippen LogP contribution in [0.4, 0.5) is 10.3 Å². The lowest BCUT2D eigenvalue weighted by molar-refractivity contribution is 0.285. The molecule has 0 spiro atoms. The number of nitrogens with zero attached hydrogens (tertiary/aromatic N) is 4. The van der Waals surface area contributed by atoms with Gasteiger partial charge < -0.3 is 20.1 Å². The van der Waals surface area contributed by atoms with Crippen molar-refractivity contribution in [1.29, 1.82) is 0 Å². The molecule has 2 N–H and O–H groups in total. The summed E-state index contributed by atoms with van der Waals surface area (Å²) in [6, 6.07) is 10.3. The van der Waals surface area contributed by atoms with Gasteiger partial charge in [-0.1, -0.05) is 24.3 Å². The van der Waals surface area contributed by atoms with Crippen LogP contribution in [0.2, 0.25) is 0 Å². The van der Waals surface area contributed by atoms with E-state index in [0.717, 1.165) is 16.1 Å². The molecule has 182 valence electrons. The van der Waals surface area contributed by atoms with Crippen molar-refractivity contribution in [2.75, 3.05) is 19.0 Å². The molecule has 1 aliphatic heterocycles. The molecule has 0 radical (unpaired) electrons. The standard InChI is InChI=1S/C25H27FN6O2S/c1-16-7-6-10-28-15-29-24(30-16)20-11-19(33-13-18-8-4-5-9-21(18)26)12-22(17(20)2)34-14-23-31-25(27-3)32-35-23/h4-12,16H,13-15H2,1-3H3,(H,27,32)(H,29,30)/b7-6-,28-10-. The molecule has 0 saturated carbocycles. The number of hydrogen-bond acceptors (Lipinski definition) is 9. The molecule has 1 atom stereocenters. The van der Waals surface area contributed by atoms with Crippen molar-refractivity contribution < 1.29 is 13.9 Å². The molecule has 0 saturated heterocycles. The number of anilines is 1. The van der Waals surface area contributed by atoms with Gasteiger partial charge in [0.2, 0.25) is 5.95 Å². The Balaban J connectivity index is 1.65. The van der Waals surface area contributed by atoms with Gasteiger partial charge >= 0.3 is 0 Å². The number of rotatable bonds is 8. The molecular weight excluding hydrogens is 467 g/mol. The molecule has 35 heavy (non-hydrogen) atoms. The molecule has 0 fully saturated rings. The molecule has 10 heteroatoms. The maximum Gasteiger partial charge on any atom is 0.234 e. The minimum atomic E-state index is -0.311. The van der Waals surface area contributed by atoms with Crippen molar-refractivity contribution in [2.24, 2.45) is 9.98 Å². The number of ether oxygens (including phenoxy) is 2. The second kappa shape index (κ2) is 11.6. The van der Waals surface area contributed by atoms with Gasteiger partial charge in [0, 0.05) is 42.1 Å². The molecular formula is C25H27FN6O2S. The molecule has 1 aliphatic rings. The molecule has 0 aliphatic carbocycles. The Bertz CT molecular complexity index is 1260. The maximum atomic E-state index is 14.1. The van der Waals surface area contributed by atoms with Gasteiger partial charge in [-0.15, -0.1) is 0 Å². The van der Waals surface area contributed by atoms with Crippen molar-refractivity contribution >= 4 is 29.5 Å². The fourth-order valence-corrected chi connectivity index (χ4v) is 3.94. The summed E-state index contributed by atoms with van der Waals surface area (Å²) in [6.45, 7) is 4.61. The Morgan fingerprint density at radius 2 is 2.06 bits per heavy atom. The van der Waals surface area contributed by atoms with Crippen LogP contribution in [0.5, 0.6) is 11.5 Å². The highest BCUT2D eigenvalue weighted by Gasteiger charge is 2.17. The Morgan fingerprint density at radius 1 is 1.20 bits per heavy atom. The molecule has 2 aromatic carbocycles. The summed E-state index contributed by atoms with van der Waals surface area (Å²) >= 11 is 1.27. The zero-order valence-electron chi connectivity index (χ0n) is 19.8. The molecule has 0 amide bonds. The third kappa shape index (κ3) is 6.42. The van der Waals surface area contributed by atoms with E-state index < -0.39 is 0 Å². The quantitative estimate of drug-likeness (QED) is 0.479. The van der Waals surface area contributed by atoms with Crippen LogP contribution in [0.25, 0.3) is 0 Å². The van der Waals surface area contributed by atoms with Crippen molar-refractivity contribution in [2.45, 2.75) is 33.1 Å². The molecule has 2 heterocycles. The van der Waals surface area contributed by atoms with Crippen LogP contribution >= 0.6 is 11.5 Å². The first-order valence-electron chi connectivity index (χ1n) is 11.2. The van der Waals surface area contributed by atoms with E-state index in [2.05, 4.69) is 30.0 Å². The van der Waals surface area contributed by atoms with Gasteiger partial charge in [0.15, 0.2) is 5.01 Å². The van der Waals surface area contributed by atoms with Gasteiger partial charge in [-0.3, -0.25) is 4.99 Å². The fourth-order valence-electron chi connectivity index (χ4n) is 3.38. The van der Waals surface area contributed by atoms with Crippen molar-refractivity contribution in [3.05, 3.63) is 76.1 Å². The molecule has 1 unspecified atom stereocenters. The maximum absolute atomic E-state index is 14.1. The lowest BCUT2D eigenvalue weighted by Gasteiger charge is -2.19. The molecule has 4 rings (SSSR count). The number of amidine groups is 1. The van der Waals surface area contributed by atoms with E-state index in [9.17, 15) is 4.39 Å².